The average Bonchev–Trinajstić information content (AvgIpc) is 2.59. The van der Waals surface area contributed by atoms with Gasteiger partial charge in [-0.1, -0.05) is 12.8 Å². The van der Waals surface area contributed by atoms with E-state index in [1.807, 2.05) is 6.92 Å². The van der Waals surface area contributed by atoms with Crippen LogP contribution in [-0.2, 0) is 0 Å². The maximum absolute atomic E-state index is 14.5. The zero-order valence-electron chi connectivity index (χ0n) is 14.6. The molecule has 138 valence electrons. The molecule has 3 rings (SSSR count). The first-order valence-electron chi connectivity index (χ1n) is 8.66. The number of anilines is 3. The number of nitrogens with zero attached hydrogens (tertiary/aromatic N) is 2. The highest BCUT2D eigenvalue weighted by Gasteiger charge is 2.24. The normalized spacial score (nSPS) is 19.8. The molecule has 1 saturated carbocycles. The van der Waals surface area contributed by atoms with E-state index in [0.717, 1.165) is 37.4 Å². The molecular weight excluding hydrogens is 335 g/mol. The van der Waals surface area contributed by atoms with Gasteiger partial charge in [0.1, 0.15) is 5.82 Å². The molecule has 7 nitrogen and oxygen atoms in total. The summed E-state index contributed by atoms with van der Waals surface area (Å²) >= 11 is 0. The third-order valence-electron chi connectivity index (χ3n) is 4.54. The highest BCUT2D eigenvalue weighted by molar-refractivity contribution is 5.98. The Morgan fingerprint density at radius 3 is 2.73 bits per heavy atom. The van der Waals surface area contributed by atoms with Gasteiger partial charge < -0.3 is 22.1 Å². The smallest absolute Gasteiger partial charge is 0.252 e. The number of nitrogens with one attached hydrogen (secondary N) is 2. The molecule has 1 fully saturated rings. The number of aryl methyl sites for hydroxylation is 1. The van der Waals surface area contributed by atoms with Crippen molar-refractivity contribution in [2.24, 2.45) is 11.5 Å². The van der Waals surface area contributed by atoms with Crippen LogP contribution in [0.1, 0.15) is 41.7 Å². The lowest BCUT2D eigenvalue weighted by Crippen LogP contribution is -2.43. The number of pyridine rings is 2. The molecule has 8 heteroatoms. The van der Waals surface area contributed by atoms with Gasteiger partial charge in [-0.15, -0.1) is 0 Å². The van der Waals surface area contributed by atoms with Crippen molar-refractivity contribution in [3.05, 3.63) is 41.5 Å². The van der Waals surface area contributed by atoms with Crippen molar-refractivity contribution in [1.29, 1.82) is 0 Å². The Hall–Kier alpha value is -2.74. The minimum atomic E-state index is -0.759. The van der Waals surface area contributed by atoms with Crippen LogP contribution in [0.15, 0.2) is 24.4 Å². The average molecular weight is 358 g/mol. The number of aromatic nitrogens is 2. The van der Waals surface area contributed by atoms with Gasteiger partial charge >= 0.3 is 0 Å². The third-order valence-corrected chi connectivity index (χ3v) is 4.54. The van der Waals surface area contributed by atoms with Crippen molar-refractivity contribution >= 4 is 23.2 Å². The Bertz CT molecular complexity index is 812. The summed E-state index contributed by atoms with van der Waals surface area (Å²) in [6, 6.07) is 4.51. The van der Waals surface area contributed by atoms with Gasteiger partial charge in [-0.2, -0.15) is 0 Å². The lowest BCUT2D eigenvalue weighted by molar-refractivity contribution is 0.100. The number of carbonyl (C=O) groups is 1. The van der Waals surface area contributed by atoms with Crippen molar-refractivity contribution < 1.29 is 9.18 Å². The molecule has 0 radical (unpaired) electrons. The molecule has 0 aromatic carbocycles. The van der Waals surface area contributed by atoms with E-state index >= 15 is 0 Å². The summed E-state index contributed by atoms with van der Waals surface area (Å²) in [6.07, 6.45) is 5.48. The summed E-state index contributed by atoms with van der Waals surface area (Å²) in [4.78, 5) is 20.1. The maximum atomic E-state index is 14.5. The topological polar surface area (TPSA) is 119 Å². The molecule has 26 heavy (non-hydrogen) atoms. The number of nitrogens with two attached hydrogens (primary N) is 2. The first kappa shape index (κ1) is 18.1. The second-order valence-corrected chi connectivity index (χ2v) is 6.59. The summed E-state index contributed by atoms with van der Waals surface area (Å²) in [5.41, 5.74) is 13.0. The lowest BCUT2D eigenvalue weighted by atomic mass is 9.91. The number of amides is 1. The minimum absolute atomic E-state index is 0.0181. The first-order valence-corrected chi connectivity index (χ1v) is 8.66. The second kappa shape index (κ2) is 7.65. The van der Waals surface area contributed by atoms with Crippen molar-refractivity contribution in [1.82, 2.24) is 9.97 Å². The zero-order valence-corrected chi connectivity index (χ0v) is 14.6. The van der Waals surface area contributed by atoms with Crippen LogP contribution in [0.25, 0.3) is 0 Å². The summed E-state index contributed by atoms with van der Waals surface area (Å²) in [7, 11) is 0. The Morgan fingerprint density at radius 2 is 2.04 bits per heavy atom. The van der Waals surface area contributed by atoms with Crippen molar-refractivity contribution in [3.63, 3.8) is 0 Å². The predicted molar refractivity (Wildman–Crippen MR) is 98.8 cm³/mol. The van der Waals surface area contributed by atoms with Crippen molar-refractivity contribution in [3.8, 4) is 0 Å². The molecule has 2 aromatic rings. The van der Waals surface area contributed by atoms with Gasteiger partial charge in [-0.05, 0) is 38.0 Å². The van der Waals surface area contributed by atoms with E-state index in [1.54, 1.807) is 18.3 Å². The quantitative estimate of drug-likeness (QED) is 0.652. The Morgan fingerprint density at radius 1 is 1.27 bits per heavy atom. The van der Waals surface area contributed by atoms with E-state index in [-0.39, 0.29) is 29.3 Å². The van der Waals surface area contributed by atoms with Crippen molar-refractivity contribution in [2.45, 2.75) is 44.7 Å². The van der Waals surface area contributed by atoms with E-state index in [4.69, 9.17) is 11.5 Å². The van der Waals surface area contributed by atoms with Crippen LogP contribution in [0.3, 0.4) is 0 Å². The molecule has 2 heterocycles. The molecular formula is C18H23FN6O. The fraction of sp³-hybridized carbons (Fsp3) is 0.389. The molecule has 1 amide bonds. The molecule has 0 spiro atoms. The van der Waals surface area contributed by atoms with Crippen LogP contribution in [-0.4, -0.2) is 28.0 Å². The van der Waals surface area contributed by atoms with E-state index in [9.17, 15) is 9.18 Å². The number of carbonyl (C=O) groups excluding carboxylic acids is 1. The van der Waals surface area contributed by atoms with Gasteiger partial charge in [0.2, 0.25) is 0 Å². The van der Waals surface area contributed by atoms with Crippen LogP contribution in [0.4, 0.5) is 21.7 Å². The zero-order chi connectivity index (χ0) is 18.7. The monoisotopic (exact) mass is 358 g/mol. The number of rotatable bonds is 5. The van der Waals surface area contributed by atoms with E-state index < -0.39 is 11.7 Å². The van der Waals surface area contributed by atoms with Gasteiger partial charge in [-0.25, -0.2) is 9.37 Å². The van der Waals surface area contributed by atoms with Gasteiger partial charge in [0, 0.05) is 29.7 Å². The predicted octanol–water partition coefficient (Wildman–Crippen LogP) is 2.45. The number of halogens is 1. The molecule has 0 saturated heterocycles. The maximum Gasteiger partial charge on any atom is 0.252 e. The van der Waals surface area contributed by atoms with Crippen LogP contribution in [0, 0.1) is 12.7 Å². The highest BCUT2D eigenvalue weighted by atomic mass is 19.1. The number of primary amides is 1. The summed E-state index contributed by atoms with van der Waals surface area (Å²) in [6.45, 7) is 1.84. The Labute approximate surface area is 151 Å². The van der Waals surface area contributed by atoms with E-state index in [0.29, 0.717) is 5.69 Å². The third kappa shape index (κ3) is 4.08. The minimum Gasteiger partial charge on any atom is -0.365 e. The van der Waals surface area contributed by atoms with Gasteiger partial charge in [-0.3, -0.25) is 9.78 Å². The number of hydrogen-bond donors (Lipinski definition) is 4. The fourth-order valence-electron chi connectivity index (χ4n) is 3.15. The molecule has 2 atom stereocenters. The molecule has 0 aliphatic heterocycles. The largest absolute Gasteiger partial charge is 0.365 e. The summed E-state index contributed by atoms with van der Waals surface area (Å²) in [5.74, 6) is -1.14. The van der Waals surface area contributed by atoms with E-state index in [1.165, 1.54) is 0 Å². The Balaban J connectivity index is 1.92. The van der Waals surface area contributed by atoms with Crippen LogP contribution < -0.4 is 22.1 Å². The van der Waals surface area contributed by atoms with Crippen LogP contribution in [0.5, 0.6) is 0 Å². The van der Waals surface area contributed by atoms with Crippen molar-refractivity contribution in [2.75, 3.05) is 10.6 Å². The molecule has 2 aromatic heterocycles. The standard InChI is InChI=1S/C18H23FN6O/c1-10-8-11(6-7-22-10)23-17-12(16(21)26)9-13(19)18(25-17)24-15-5-3-2-4-14(15)20/h6-9,14-15H,2-5,20H2,1H3,(H2,21,26)(H2,22,23,24,25). The van der Waals surface area contributed by atoms with Crippen LogP contribution >= 0.6 is 0 Å². The molecule has 6 N–H and O–H groups in total. The van der Waals surface area contributed by atoms with E-state index in [2.05, 4.69) is 20.6 Å². The summed E-state index contributed by atoms with van der Waals surface area (Å²) in [5, 5.41) is 6.11. The first-order chi connectivity index (χ1) is 12.4. The molecule has 1 aliphatic rings. The molecule has 2 unspecified atom stereocenters. The van der Waals surface area contributed by atoms with Gasteiger partial charge in [0.05, 0.1) is 5.56 Å². The van der Waals surface area contributed by atoms with Gasteiger partial charge in [0.25, 0.3) is 5.91 Å². The fourth-order valence-corrected chi connectivity index (χ4v) is 3.15. The number of hydrogen-bond acceptors (Lipinski definition) is 6. The highest BCUT2D eigenvalue weighted by Crippen LogP contribution is 2.26. The van der Waals surface area contributed by atoms with Crippen LogP contribution in [0.2, 0.25) is 0 Å². The Kier molecular flexibility index (Phi) is 5.32. The SMILES string of the molecule is Cc1cc(Nc2nc(NC3CCCCC3N)c(F)cc2C(N)=O)ccn1. The van der Waals surface area contributed by atoms with Gasteiger partial charge in [0.15, 0.2) is 11.6 Å². The second-order valence-electron chi connectivity index (χ2n) is 6.59. The lowest BCUT2D eigenvalue weighted by Gasteiger charge is -2.30. The molecule has 1 aliphatic carbocycles. The summed E-state index contributed by atoms with van der Waals surface area (Å²) < 4.78 is 14.5. The molecule has 0 bridgehead atoms.